The second-order valence-corrected chi connectivity index (χ2v) is 4.79. The van der Waals surface area contributed by atoms with Gasteiger partial charge in [-0.2, -0.15) is 0 Å². The molecule has 17 heavy (non-hydrogen) atoms. The minimum Gasteiger partial charge on any atom is -0.310 e. The van der Waals surface area contributed by atoms with E-state index in [1.165, 1.54) is 5.56 Å². The molecule has 1 atom stereocenters. The van der Waals surface area contributed by atoms with E-state index in [1.807, 2.05) is 12.1 Å². The zero-order valence-corrected chi connectivity index (χ0v) is 11.6. The Balaban J connectivity index is 2.78. The second kappa shape index (κ2) is 7.52. The minimum absolute atomic E-state index is 0.406. The maximum atomic E-state index is 6.06. The van der Waals surface area contributed by atoms with Crippen molar-refractivity contribution in [2.45, 2.75) is 39.2 Å². The van der Waals surface area contributed by atoms with Crippen molar-refractivity contribution in [3.05, 3.63) is 47.0 Å². The number of nitrogens with one attached hydrogen (secondary N) is 1. The third-order valence-electron chi connectivity index (χ3n) is 2.88. The van der Waals surface area contributed by atoms with E-state index in [2.05, 4.69) is 37.9 Å². The highest BCUT2D eigenvalue weighted by atomic mass is 35.5. The monoisotopic (exact) mass is 251 g/mol. The Kier molecular flexibility index (Phi) is 6.31. The Bertz CT molecular complexity index is 360. The fraction of sp³-hybridized carbons (Fsp3) is 0.467. The molecule has 0 saturated heterocycles. The molecule has 1 aromatic carbocycles. The van der Waals surface area contributed by atoms with E-state index in [4.69, 9.17) is 11.6 Å². The molecule has 2 heteroatoms. The van der Waals surface area contributed by atoms with Gasteiger partial charge in [0.15, 0.2) is 0 Å². The molecule has 0 spiro atoms. The summed E-state index contributed by atoms with van der Waals surface area (Å²) in [4.78, 5) is 0. The van der Waals surface area contributed by atoms with Crippen LogP contribution in [0.15, 0.2) is 30.9 Å². The lowest BCUT2D eigenvalue weighted by Crippen LogP contribution is -2.22. The van der Waals surface area contributed by atoms with Crippen LogP contribution in [0.5, 0.6) is 0 Å². The van der Waals surface area contributed by atoms with Crippen molar-refractivity contribution in [3.63, 3.8) is 0 Å². The van der Waals surface area contributed by atoms with Gasteiger partial charge in [0.2, 0.25) is 0 Å². The van der Waals surface area contributed by atoms with E-state index in [1.54, 1.807) is 0 Å². The molecule has 0 aromatic heterocycles. The molecule has 1 N–H and O–H groups in total. The molecule has 0 amide bonds. The van der Waals surface area contributed by atoms with Gasteiger partial charge in [-0.25, -0.2) is 0 Å². The number of benzene rings is 1. The van der Waals surface area contributed by atoms with Crippen molar-refractivity contribution >= 4 is 11.6 Å². The van der Waals surface area contributed by atoms with E-state index in [9.17, 15) is 0 Å². The quantitative estimate of drug-likeness (QED) is 0.696. The van der Waals surface area contributed by atoms with Crippen LogP contribution >= 0.6 is 11.6 Å². The second-order valence-electron chi connectivity index (χ2n) is 4.38. The fourth-order valence-corrected chi connectivity index (χ4v) is 1.99. The average molecular weight is 252 g/mol. The number of halogens is 1. The summed E-state index contributed by atoms with van der Waals surface area (Å²) in [6.45, 7) is 9.07. The molecule has 0 aliphatic rings. The van der Waals surface area contributed by atoms with Crippen molar-refractivity contribution < 1.29 is 0 Å². The van der Waals surface area contributed by atoms with Crippen LogP contribution < -0.4 is 5.32 Å². The Morgan fingerprint density at radius 2 is 2.24 bits per heavy atom. The van der Waals surface area contributed by atoms with Crippen molar-refractivity contribution in [3.8, 4) is 0 Å². The minimum atomic E-state index is 0.406. The summed E-state index contributed by atoms with van der Waals surface area (Å²) in [6, 6.07) is 6.69. The van der Waals surface area contributed by atoms with Crippen molar-refractivity contribution in [1.29, 1.82) is 0 Å². The third kappa shape index (κ3) is 4.53. The lowest BCUT2D eigenvalue weighted by molar-refractivity contribution is 0.503. The highest BCUT2D eigenvalue weighted by molar-refractivity contribution is 6.31. The summed E-state index contributed by atoms with van der Waals surface area (Å²) in [5, 5.41) is 4.42. The zero-order chi connectivity index (χ0) is 12.7. The van der Waals surface area contributed by atoms with Crippen LogP contribution in [0.2, 0.25) is 5.02 Å². The molecule has 1 rings (SSSR count). The van der Waals surface area contributed by atoms with Gasteiger partial charge in [-0.1, -0.05) is 36.7 Å². The third-order valence-corrected chi connectivity index (χ3v) is 3.31. The van der Waals surface area contributed by atoms with E-state index in [0.717, 1.165) is 36.4 Å². The maximum absolute atomic E-state index is 6.06. The van der Waals surface area contributed by atoms with E-state index >= 15 is 0 Å². The van der Waals surface area contributed by atoms with Crippen LogP contribution in [0.25, 0.3) is 0 Å². The predicted molar refractivity (Wildman–Crippen MR) is 76.7 cm³/mol. The average Bonchev–Trinajstić information content (AvgIpc) is 2.33. The van der Waals surface area contributed by atoms with Crippen LogP contribution in [0.4, 0.5) is 0 Å². The Labute approximate surface area is 110 Å². The van der Waals surface area contributed by atoms with Gasteiger partial charge in [-0.15, -0.1) is 6.58 Å². The first kappa shape index (κ1) is 14.3. The summed E-state index contributed by atoms with van der Waals surface area (Å²) >= 11 is 6.06. The van der Waals surface area contributed by atoms with Crippen molar-refractivity contribution in [1.82, 2.24) is 5.32 Å². The van der Waals surface area contributed by atoms with Gasteiger partial charge in [0, 0.05) is 11.1 Å². The topological polar surface area (TPSA) is 12.0 Å². The predicted octanol–water partition coefficient (Wildman–Crippen LogP) is 4.66. The summed E-state index contributed by atoms with van der Waals surface area (Å²) in [5.74, 6) is 0. The van der Waals surface area contributed by atoms with Crippen molar-refractivity contribution in [2.24, 2.45) is 0 Å². The lowest BCUT2D eigenvalue weighted by Gasteiger charge is -2.19. The molecule has 0 fully saturated rings. The van der Waals surface area contributed by atoms with Gasteiger partial charge in [0.25, 0.3) is 0 Å². The smallest absolute Gasteiger partial charge is 0.0435 e. The molecule has 0 aliphatic heterocycles. The summed E-state index contributed by atoms with van der Waals surface area (Å²) in [5.41, 5.74) is 2.47. The SMILES string of the molecule is C=CCCC(NCCC)c1ccc(Cl)c(C)c1. The molecule has 1 unspecified atom stereocenters. The Morgan fingerprint density at radius 1 is 1.47 bits per heavy atom. The molecule has 94 valence electrons. The van der Waals surface area contributed by atoms with Gasteiger partial charge in [-0.3, -0.25) is 0 Å². The molecule has 0 bridgehead atoms. The highest BCUT2D eigenvalue weighted by Crippen LogP contribution is 2.23. The molecular weight excluding hydrogens is 230 g/mol. The van der Waals surface area contributed by atoms with Crippen LogP contribution in [-0.4, -0.2) is 6.54 Å². The molecule has 0 radical (unpaired) electrons. The zero-order valence-electron chi connectivity index (χ0n) is 10.8. The maximum Gasteiger partial charge on any atom is 0.0435 e. The number of hydrogen-bond donors (Lipinski definition) is 1. The standard InChI is InChI=1S/C15H22ClN/c1-4-6-7-15(17-10-5-2)13-8-9-14(16)12(3)11-13/h4,8-9,11,15,17H,1,5-7,10H2,2-3H3. The number of rotatable bonds is 7. The van der Waals surface area contributed by atoms with Gasteiger partial charge in [-0.05, 0) is 49.9 Å². The highest BCUT2D eigenvalue weighted by Gasteiger charge is 2.10. The summed E-state index contributed by atoms with van der Waals surface area (Å²) in [6.07, 6.45) is 5.24. The van der Waals surface area contributed by atoms with Crippen molar-refractivity contribution in [2.75, 3.05) is 6.54 Å². The molecule has 0 aliphatic carbocycles. The van der Waals surface area contributed by atoms with Gasteiger partial charge in [0.05, 0.1) is 0 Å². The molecule has 1 aromatic rings. The van der Waals surface area contributed by atoms with E-state index in [0.29, 0.717) is 6.04 Å². The van der Waals surface area contributed by atoms with E-state index < -0.39 is 0 Å². The number of aryl methyl sites for hydroxylation is 1. The largest absolute Gasteiger partial charge is 0.310 e. The first-order chi connectivity index (χ1) is 8.19. The Morgan fingerprint density at radius 3 is 2.82 bits per heavy atom. The summed E-state index contributed by atoms with van der Waals surface area (Å²) in [7, 11) is 0. The molecule has 1 nitrogen and oxygen atoms in total. The van der Waals surface area contributed by atoms with Crippen LogP contribution in [-0.2, 0) is 0 Å². The normalized spacial score (nSPS) is 12.4. The Hall–Kier alpha value is -0.790. The first-order valence-corrected chi connectivity index (χ1v) is 6.67. The van der Waals surface area contributed by atoms with Crippen LogP contribution in [0, 0.1) is 6.92 Å². The van der Waals surface area contributed by atoms with E-state index in [-0.39, 0.29) is 0 Å². The first-order valence-electron chi connectivity index (χ1n) is 6.29. The molecular formula is C15H22ClN. The number of hydrogen-bond acceptors (Lipinski definition) is 1. The van der Waals surface area contributed by atoms with Gasteiger partial charge >= 0.3 is 0 Å². The fourth-order valence-electron chi connectivity index (χ4n) is 1.87. The van der Waals surface area contributed by atoms with Gasteiger partial charge in [0.1, 0.15) is 0 Å². The van der Waals surface area contributed by atoms with Gasteiger partial charge < -0.3 is 5.32 Å². The van der Waals surface area contributed by atoms with Crippen LogP contribution in [0.1, 0.15) is 43.4 Å². The summed E-state index contributed by atoms with van der Waals surface area (Å²) < 4.78 is 0. The molecule has 0 saturated carbocycles. The lowest BCUT2D eigenvalue weighted by atomic mass is 10.00. The molecule has 0 heterocycles. The van der Waals surface area contributed by atoms with Crippen LogP contribution in [0.3, 0.4) is 0 Å². The number of allylic oxidation sites excluding steroid dienone is 1.